The molecule has 0 unspecified atom stereocenters. The van der Waals surface area contributed by atoms with Crippen LogP contribution in [-0.2, 0) is 4.74 Å². The second-order valence-corrected chi connectivity index (χ2v) is 3.26. The third kappa shape index (κ3) is 2.75. The minimum absolute atomic E-state index is 0.0912. The van der Waals surface area contributed by atoms with Crippen LogP contribution in [0.2, 0.25) is 0 Å². The van der Waals surface area contributed by atoms with Crippen molar-refractivity contribution in [3.8, 4) is 11.8 Å². The van der Waals surface area contributed by atoms with Gasteiger partial charge < -0.3 is 10.1 Å². The Morgan fingerprint density at radius 3 is 2.87 bits per heavy atom. The molecule has 1 N–H and O–H groups in total. The zero-order chi connectivity index (χ0) is 10.5. The molecule has 0 spiro atoms. The number of cyclic esters (lactones) is 1. The molecule has 76 valence electrons. The van der Waals surface area contributed by atoms with E-state index in [4.69, 9.17) is 4.74 Å². The van der Waals surface area contributed by atoms with E-state index in [0.29, 0.717) is 6.61 Å². The number of ether oxygens (including phenoxy) is 1. The Balaban J connectivity index is 2.02. The smallest absolute Gasteiger partial charge is 0.408 e. The highest BCUT2D eigenvalue weighted by atomic mass is 16.5. The van der Waals surface area contributed by atoms with Crippen LogP contribution in [-0.4, -0.2) is 18.7 Å². The van der Waals surface area contributed by atoms with Gasteiger partial charge in [0.1, 0.15) is 0 Å². The molecular weight excluding hydrogens is 190 g/mol. The van der Waals surface area contributed by atoms with Gasteiger partial charge in [0.05, 0.1) is 12.6 Å². The van der Waals surface area contributed by atoms with Gasteiger partial charge in [-0.05, 0) is 12.1 Å². The van der Waals surface area contributed by atoms with Crippen molar-refractivity contribution in [2.45, 2.75) is 12.5 Å². The lowest BCUT2D eigenvalue weighted by molar-refractivity contribution is 0.122. The number of amides is 1. The summed E-state index contributed by atoms with van der Waals surface area (Å²) >= 11 is 0. The van der Waals surface area contributed by atoms with Crippen molar-refractivity contribution in [2.75, 3.05) is 6.61 Å². The predicted molar refractivity (Wildman–Crippen MR) is 56.2 cm³/mol. The Morgan fingerprint density at radius 2 is 2.13 bits per heavy atom. The molecule has 1 atom stereocenters. The molecule has 0 bridgehead atoms. The molecule has 2 rings (SSSR count). The normalized spacial score (nSPS) is 19.5. The summed E-state index contributed by atoms with van der Waals surface area (Å²) in [5.41, 5.74) is 0.957. The summed E-state index contributed by atoms with van der Waals surface area (Å²) in [6, 6.07) is 9.61. The first-order valence-electron chi connectivity index (χ1n) is 4.84. The number of alkyl carbamates (subject to hydrolysis) is 1. The summed E-state index contributed by atoms with van der Waals surface area (Å²) < 4.78 is 4.74. The van der Waals surface area contributed by atoms with Gasteiger partial charge in [-0.3, -0.25) is 0 Å². The molecule has 1 aromatic rings. The van der Waals surface area contributed by atoms with Crippen LogP contribution in [0.5, 0.6) is 0 Å². The number of hydrogen-bond donors (Lipinski definition) is 1. The van der Waals surface area contributed by atoms with Gasteiger partial charge in [0.2, 0.25) is 0 Å². The Hall–Kier alpha value is -1.95. The van der Waals surface area contributed by atoms with Crippen molar-refractivity contribution in [3.63, 3.8) is 0 Å². The van der Waals surface area contributed by atoms with E-state index in [1.54, 1.807) is 0 Å². The third-order valence-corrected chi connectivity index (χ3v) is 2.10. The molecule has 0 radical (unpaired) electrons. The van der Waals surface area contributed by atoms with E-state index in [9.17, 15) is 4.79 Å². The van der Waals surface area contributed by atoms with Crippen LogP contribution in [0.1, 0.15) is 12.0 Å². The van der Waals surface area contributed by atoms with Crippen LogP contribution in [0.15, 0.2) is 30.3 Å². The number of hydrogen-bond acceptors (Lipinski definition) is 2. The van der Waals surface area contributed by atoms with Crippen molar-refractivity contribution < 1.29 is 9.53 Å². The number of carbonyl (C=O) groups is 1. The van der Waals surface area contributed by atoms with Crippen molar-refractivity contribution >= 4 is 6.09 Å². The second kappa shape index (κ2) is 4.52. The van der Waals surface area contributed by atoms with E-state index < -0.39 is 0 Å². The second-order valence-electron chi connectivity index (χ2n) is 3.26. The molecule has 0 aliphatic carbocycles. The summed E-state index contributed by atoms with van der Waals surface area (Å²) in [5.74, 6) is 6.02. The highest BCUT2D eigenvalue weighted by Gasteiger charge is 2.16. The first-order chi connectivity index (χ1) is 7.34. The Bertz CT molecular complexity index is 403. The maximum absolute atomic E-state index is 10.9. The summed E-state index contributed by atoms with van der Waals surface area (Å²) in [4.78, 5) is 10.9. The van der Waals surface area contributed by atoms with E-state index >= 15 is 0 Å². The van der Waals surface area contributed by atoms with E-state index in [-0.39, 0.29) is 12.1 Å². The van der Waals surface area contributed by atoms with Gasteiger partial charge in [-0.2, -0.15) is 0 Å². The molecule has 1 aromatic carbocycles. The largest absolute Gasteiger partial charge is 0.449 e. The topological polar surface area (TPSA) is 38.3 Å². The fourth-order valence-corrected chi connectivity index (χ4v) is 1.33. The van der Waals surface area contributed by atoms with Crippen molar-refractivity contribution in [2.24, 2.45) is 0 Å². The highest BCUT2D eigenvalue weighted by molar-refractivity contribution is 5.69. The molecule has 1 saturated heterocycles. The fourth-order valence-electron chi connectivity index (χ4n) is 1.33. The van der Waals surface area contributed by atoms with Crippen molar-refractivity contribution in [3.05, 3.63) is 35.9 Å². The minimum atomic E-state index is -0.381. The van der Waals surface area contributed by atoms with E-state index in [1.165, 1.54) is 0 Å². The summed E-state index contributed by atoms with van der Waals surface area (Å²) in [5, 5.41) is 2.65. The van der Waals surface area contributed by atoms with Gasteiger partial charge in [0.25, 0.3) is 0 Å². The molecule has 15 heavy (non-hydrogen) atoms. The number of rotatable bonds is 0. The van der Waals surface area contributed by atoms with Crippen LogP contribution in [0.3, 0.4) is 0 Å². The van der Waals surface area contributed by atoms with E-state index in [1.807, 2.05) is 30.3 Å². The number of nitrogens with one attached hydrogen (secondary N) is 1. The van der Waals surface area contributed by atoms with Crippen LogP contribution in [0.25, 0.3) is 0 Å². The van der Waals surface area contributed by atoms with E-state index in [0.717, 1.165) is 12.0 Å². The fraction of sp³-hybridized carbons (Fsp3) is 0.250. The average Bonchev–Trinajstić information content (AvgIpc) is 2.28. The Kier molecular flexibility index (Phi) is 2.89. The zero-order valence-corrected chi connectivity index (χ0v) is 8.19. The molecular formula is C12H11NO2. The Morgan fingerprint density at radius 1 is 1.33 bits per heavy atom. The molecule has 1 heterocycles. The van der Waals surface area contributed by atoms with Gasteiger partial charge in [0.15, 0.2) is 0 Å². The monoisotopic (exact) mass is 201 g/mol. The highest BCUT2D eigenvalue weighted by Crippen LogP contribution is 2.01. The zero-order valence-electron chi connectivity index (χ0n) is 8.19. The minimum Gasteiger partial charge on any atom is -0.449 e. The van der Waals surface area contributed by atoms with Crippen LogP contribution < -0.4 is 5.32 Å². The van der Waals surface area contributed by atoms with Gasteiger partial charge >= 0.3 is 6.09 Å². The third-order valence-electron chi connectivity index (χ3n) is 2.10. The lowest BCUT2D eigenvalue weighted by atomic mass is 10.1. The van der Waals surface area contributed by atoms with Gasteiger partial charge in [-0.15, -0.1) is 0 Å². The Labute approximate surface area is 88.4 Å². The molecule has 0 saturated carbocycles. The summed E-state index contributed by atoms with van der Waals surface area (Å²) in [6.07, 6.45) is 0.361. The SMILES string of the molecule is O=C1N[C@@H](C#Cc2ccccc2)CCO1. The molecule has 3 heteroatoms. The molecule has 1 amide bonds. The number of carbonyl (C=O) groups excluding carboxylic acids is 1. The predicted octanol–water partition coefficient (Wildman–Crippen LogP) is 1.54. The maximum atomic E-state index is 10.9. The van der Waals surface area contributed by atoms with E-state index in [2.05, 4.69) is 17.2 Å². The molecule has 1 aliphatic heterocycles. The van der Waals surface area contributed by atoms with Gasteiger partial charge in [-0.1, -0.05) is 30.0 Å². The van der Waals surface area contributed by atoms with Crippen molar-refractivity contribution in [1.82, 2.24) is 5.32 Å². The molecule has 1 aliphatic rings. The van der Waals surface area contributed by atoms with Crippen LogP contribution >= 0.6 is 0 Å². The van der Waals surface area contributed by atoms with Gasteiger partial charge in [0, 0.05) is 12.0 Å². The van der Waals surface area contributed by atoms with Crippen LogP contribution in [0.4, 0.5) is 4.79 Å². The molecule has 3 nitrogen and oxygen atoms in total. The lowest BCUT2D eigenvalue weighted by Crippen LogP contribution is -2.40. The lowest BCUT2D eigenvalue weighted by Gasteiger charge is -2.18. The maximum Gasteiger partial charge on any atom is 0.408 e. The first-order valence-corrected chi connectivity index (χ1v) is 4.84. The standard InChI is InChI=1S/C12H11NO2/c14-12-13-11(8-9-15-12)7-6-10-4-2-1-3-5-10/h1-5,11H,8-9H2,(H,13,14)/t11-/m0/s1. The molecule has 0 aromatic heterocycles. The van der Waals surface area contributed by atoms with Gasteiger partial charge in [-0.25, -0.2) is 4.79 Å². The quantitative estimate of drug-likeness (QED) is 0.646. The summed E-state index contributed by atoms with van der Waals surface area (Å²) in [6.45, 7) is 0.444. The first kappa shape index (κ1) is 9.60. The van der Waals surface area contributed by atoms with Crippen molar-refractivity contribution in [1.29, 1.82) is 0 Å². The average molecular weight is 201 g/mol. The summed E-state index contributed by atoms with van der Waals surface area (Å²) in [7, 11) is 0. The molecule has 1 fully saturated rings. The van der Waals surface area contributed by atoms with Crippen LogP contribution in [0, 0.1) is 11.8 Å². The number of benzene rings is 1.